The number of nitrogens with two attached hydrogens (primary N) is 2. The highest BCUT2D eigenvalue weighted by Gasteiger charge is 2.17. The largest absolute Gasteiger partial charge is 0.480 e. The molecule has 14 heavy (non-hydrogen) atoms. The summed E-state index contributed by atoms with van der Waals surface area (Å²) in [6.07, 6.45) is 0.813. The van der Waals surface area contributed by atoms with Crippen LogP contribution in [0.5, 0.6) is 0 Å². The van der Waals surface area contributed by atoms with Gasteiger partial charge >= 0.3 is 11.9 Å². The van der Waals surface area contributed by atoms with Gasteiger partial charge < -0.3 is 21.7 Å². The molecular weight excluding hydrogens is 188 g/mol. The van der Waals surface area contributed by atoms with Crippen molar-refractivity contribution in [2.75, 3.05) is 6.54 Å². The predicted molar refractivity (Wildman–Crippen MR) is 51.8 cm³/mol. The van der Waals surface area contributed by atoms with Crippen LogP contribution >= 0.6 is 0 Å². The monoisotopic (exact) mass is 206 g/mol. The lowest BCUT2D eigenvalue weighted by atomic mass is 10.0. The number of carbonyl (C=O) groups is 2. The first-order valence-electron chi connectivity index (χ1n) is 4.27. The minimum atomic E-state index is -0.968. The molecule has 0 aromatic rings. The van der Waals surface area contributed by atoms with Crippen LogP contribution in [0.25, 0.3) is 0 Å². The van der Waals surface area contributed by atoms with Crippen molar-refractivity contribution in [3.05, 3.63) is 0 Å². The highest BCUT2D eigenvalue weighted by Crippen LogP contribution is 2.04. The van der Waals surface area contributed by atoms with E-state index in [0.717, 1.165) is 6.42 Å². The summed E-state index contributed by atoms with van der Waals surface area (Å²) in [5, 5.41) is 16.0. The molecule has 84 valence electrons. The number of carboxylic acids is 2. The van der Waals surface area contributed by atoms with Crippen LogP contribution in [-0.2, 0) is 9.59 Å². The Morgan fingerprint density at radius 3 is 1.79 bits per heavy atom. The van der Waals surface area contributed by atoms with Gasteiger partial charge in [-0.25, -0.2) is 0 Å². The lowest BCUT2D eigenvalue weighted by Gasteiger charge is -2.11. The van der Waals surface area contributed by atoms with E-state index in [9.17, 15) is 9.59 Å². The van der Waals surface area contributed by atoms with E-state index in [1.165, 1.54) is 0 Å². The van der Waals surface area contributed by atoms with E-state index in [2.05, 4.69) is 5.73 Å². The maximum Gasteiger partial charge on any atom is 0.320 e. The van der Waals surface area contributed by atoms with Gasteiger partial charge in [0.15, 0.2) is 0 Å². The normalized spacial score (nSPS) is 13.4. The summed E-state index contributed by atoms with van der Waals surface area (Å²) in [5.74, 6) is -1.81. The Hall–Kier alpha value is -1.14. The maximum atomic E-state index is 10.2. The number of hydrogen-bond acceptors (Lipinski definition) is 4. The van der Waals surface area contributed by atoms with Crippen molar-refractivity contribution in [1.82, 2.24) is 0 Å². The smallest absolute Gasteiger partial charge is 0.320 e. The molecule has 0 radical (unpaired) electrons. The molecule has 0 bridgehead atoms. The van der Waals surface area contributed by atoms with Gasteiger partial charge in [0, 0.05) is 0 Å². The Morgan fingerprint density at radius 2 is 1.71 bits per heavy atom. The molecular formula is C8H18N2O4. The molecule has 0 aliphatic rings. The van der Waals surface area contributed by atoms with Crippen LogP contribution in [0.3, 0.4) is 0 Å². The molecule has 0 spiro atoms. The van der Waals surface area contributed by atoms with Gasteiger partial charge in [-0.1, -0.05) is 20.3 Å². The molecule has 0 aromatic carbocycles. The topological polar surface area (TPSA) is 127 Å². The zero-order valence-electron chi connectivity index (χ0n) is 8.43. The minimum Gasteiger partial charge on any atom is -0.480 e. The van der Waals surface area contributed by atoms with Crippen LogP contribution in [0.1, 0.15) is 20.3 Å². The van der Waals surface area contributed by atoms with Crippen LogP contribution in [0.4, 0.5) is 0 Å². The molecule has 0 aliphatic heterocycles. The molecule has 0 rings (SSSR count). The first-order chi connectivity index (χ1) is 6.36. The molecule has 0 fully saturated rings. The Morgan fingerprint density at radius 1 is 1.36 bits per heavy atom. The Kier molecular flexibility index (Phi) is 9.27. The van der Waals surface area contributed by atoms with Gasteiger partial charge in [0.25, 0.3) is 0 Å². The zero-order valence-corrected chi connectivity index (χ0v) is 8.43. The van der Waals surface area contributed by atoms with E-state index in [-0.39, 0.29) is 12.5 Å². The van der Waals surface area contributed by atoms with Crippen molar-refractivity contribution in [3.8, 4) is 0 Å². The molecule has 0 amide bonds. The third-order valence-electron chi connectivity index (χ3n) is 1.72. The quantitative estimate of drug-likeness (QED) is 0.490. The van der Waals surface area contributed by atoms with E-state index in [1.54, 1.807) is 0 Å². The molecule has 6 nitrogen and oxygen atoms in total. The van der Waals surface area contributed by atoms with Gasteiger partial charge in [-0.15, -0.1) is 0 Å². The molecule has 0 heterocycles. The van der Waals surface area contributed by atoms with Crippen LogP contribution in [-0.4, -0.2) is 34.7 Å². The number of hydrogen-bond donors (Lipinski definition) is 4. The summed E-state index contributed by atoms with van der Waals surface area (Å²) in [5.41, 5.74) is 9.84. The highest BCUT2D eigenvalue weighted by molar-refractivity contribution is 5.73. The molecule has 2 atom stereocenters. The molecule has 6 heteroatoms. The van der Waals surface area contributed by atoms with Crippen molar-refractivity contribution in [2.45, 2.75) is 26.3 Å². The second-order valence-corrected chi connectivity index (χ2v) is 2.85. The second kappa shape index (κ2) is 8.46. The minimum absolute atomic E-state index is 0.0718. The summed E-state index contributed by atoms with van der Waals surface area (Å²) < 4.78 is 0. The van der Waals surface area contributed by atoms with Crippen molar-refractivity contribution in [2.24, 2.45) is 17.4 Å². The molecule has 0 saturated heterocycles. The SMILES string of the molecule is CC[C@H](C)[C@H](N)C(=O)O.NCC(=O)O. The van der Waals surface area contributed by atoms with Crippen LogP contribution in [0, 0.1) is 5.92 Å². The van der Waals surface area contributed by atoms with Gasteiger partial charge in [0.05, 0.1) is 6.54 Å². The molecule has 0 aromatic heterocycles. The second-order valence-electron chi connectivity index (χ2n) is 2.85. The zero-order chi connectivity index (χ0) is 11.7. The number of carboxylic acid groups (broad SMARTS) is 2. The molecule has 0 aliphatic carbocycles. The summed E-state index contributed by atoms with van der Waals surface area (Å²) in [6, 6.07) is -0.699. The lowest BCUT2D eigenvalue weighted by molar-refractivity contribution is -0.139. The summed E-state index contributed by atoms with van der Waals surface area (Å²) in [7, 11) is 0. The van der Waals surface area contributed by atoms with Crippen molar-refractivity contribution in [3.63, 3.8) is 0 Å². The lowest BCUT2D eigenvalue weighted by Crippen LogP contribution is -2.36. The van der Waals surface area contributed by atoms with Crippen LogP contribution in [0.2, 0.25) is 0 Å². The van der Waals surface area contributed by atoms with E-state index in [4.69, 9.17) is 15.9 Å². The van der Waals surface area contributed by atoms with E-state index in [1.807, 2.05) is 13.8 Å². The van der Waals surface area contributed by atoms with E-state index in [0.29, 0.717) is 0 Å². The Balaban J connectivity index is 0. The van der Waals surface area contributed by atoms with Gasteiger partial charge in [0.1, 0.15) is 6.04 Å². The summed E-state index contributed by atoms with van der Waals surface area (Å²) in [4.78, 5) is 19.4. The first-order valence-corrected chi connectivity index (χ1v) is 4.27. The number of aliphatic carboxylic acids is 2. The molecule has 0 unspecified atom stereocenters. The third kappa shape index (κ3) is 8.95. The number of rotatable bonds is 4. The fourth-order valence-corrected chi connectivity index (χ4v) is 0.497. The van der Waals surface area contributed by atoms with Gasteiger partial charge in [0.2, 0.25) is 0 Å². The highest BCUT2D eigenvalue weighted by atomic mass is 16.4. The van der Waals surface area contributed by atoms with Crippen LogP contribution in [0.15, 0.2) is 0 Å². The van der Waals surface area contributed by atoms with E-state index < -0.39 is 18.0 Å². The summed E-state index contributed by atoms with van der Waals surface area (Å²) >= 11 is 0. The van der Waals surface area contributed by atoms with Crippen LogP contribution < -0.4 is 11.5 Å². The molecule has 6 N–H and O–H groups in total. The van der Waals surface area contributed by atoms with Gasteiger partial charge in [-0.2, -0.15) is 0 Å². The predicted octanol–water partition coefficient (Wildman–Crippen LogP) is -0.526. The average Bonchev–Trinajstić information content (AvgIpc) is 2.16. The standard InChI is InChI=1S/C6H13NO2.C2H5NO2/c1-3-4(2)5(7)6(8)9;3-1-2(4)5/h4-5H,3,7H2,1-2H3,(H,8,9);1,3H2,(H,4,5)/t4-,5-;/m0./s1. The third-order valence-corrected chi connectivity index (χ3v) is 1.72. The van der Waals surface area contributed by atoms with Crippen molar-refractivity contribution < 1.29 is 19.8 Å². The van der Waals surface area contributed by atoms with Crippen molar-refractivity contribution >= 4 is 11.9 Å². The fraction of sp³-hybridized carbons (Fsp3) is 0.750. The Labute approximate surface area is 82.9 Å². The van der Waals surface area contributed by atoms with E-state index >= 15 is 0 Å². The maximum absolute atomic E-state index is 10.2. The van der Waals surface area contributed by atoms with Crippen molar-refractivity contribution in [1.29, 1.82) is 0 Å². The fourth-order valence-electron chi connectivity index (χ4n) is 0.497. The summed E-state index contributed by atoms with van der Waals surface area (Å²) in [6.45, 7) is 3.48. The molecule has 0 saturated carbocycles. The van der Waals surface area contributed by atoms with Gasteiger partial charge in [-0.3, -0.25) is 9.59 Å². The average molecular weight is 206 g/mol. The first kappa shape index (κ1) is 15.3. The van der Waals surface area contributed by atoms with Gasteiger partial charge in [-0.05, 0) is 5.92 Å². The Bertz CT molecular complexity index is 184.